The molecule has 0 radical (unpaired) electrons. The average Bonchev–Trinajstić information content (AvgIpc) is 2.61. The Balaban J connectivity index is 0.00000288. The molecule has 3 nitrogen and oxygen atoms in total. The number of rotatable bonds is 10. The summed E-state index contributed by atoms with van der Waals surface area (Å²) >= 11 is 0. The van der Waals surface area contributed by atoms with Crippen LogP contribution in [0.15, 0.2) is 54.6 Å². The SMILES string of the molecule is CCNCCC(Oc1ccc(CCCO)cc1)c1ccccc1.Cl. The maximum atomic E-state index is 8.90. The lowest BCUT2D eigenvalue weighted by atomic mass is 10.1. The van der Waals surface area contributed by atoms with Gasteiger partial charge >= 0.3 is 0 Å². The number of aryl methyl sites for hydroxylation is 1. The van der Waals surface area contributed by atoms with Gasteiger partial charge < -0.3 is 15.2 Å². The Morgan fingerprint density at radius 1 is 1.04 bits per heavy atom. The maximum absolute atomic E-state index is 8.90. The molecule has 4 heteroatoms. The number of nitrogens with one attached hydrogen (secondary N) is 1. The third-order valence-corrected chi connectivity index (χ3v) is 3.83. The number of halogens is 1. The molecule has 0 saturated heterocycles. The Bertz CT molecular complexity index is 545. The Hall–Kier alpha value is -1.55. The second-order valence-electron chi connectivity index (χ2n) is 5.63. The van der Waals surface area contributed by atoms with Gasteiger partial charge in [0.1, 0.15) is 11.9 Å². The minimum Gasteiger partial charge on any atom is -0.486 e. The molecule has 0 fully saturated rings. The molecule has 0 aromatic heterocycles. The van der Waals surface area contributed by atoms with Gasteiger partial charge in [0.25, 0.3) is 0 Å². The monoisotopic (exact) mass is 349 g/mol. The Labute approximate surface area is 151 Å². The largest absolute Gasteiger partial charge is 0.486 e. The Kier molecular flexibility index (Phi) is 10.2. The third kappa shape index (κ3) is 6.91. The number of aliphatic hydroxyl groups excluding tert-OH is 1. The molecule has 0 saturated carbocycles. The van der Waals surface area contributed by atoms with E-state index < -0.39 is 0 Å². The van der Waals surface area contributed by atoms with Gasteiger partial charge in [0.15, 0.2) is 0 Å². The van der Waals surface area contributed by atoms with Crippen molar-refractivity contribution in [3.05, 3.63) is 65.7 Å². The molecule has 0 spiro atoms. The molecule has 1 unspecified atom stereocenters. The van der Waals surface area contributed by atoms with E-state index in [9.17, 15) is 0 Å². The highest BCUT2D eigenvalue weighted by atomic mass is 35.5. The van der Waals surface area contributed by atoms with Crippen molar-refractivity contribution in [1.29, 1.82) is 0 Å². The summed E-state index contributed by atoms with van der Waals surface area (Å²) in [4.78, 5) is 0. The van der Waals surface area contributed by atoms with Crippen molar-refractivity contribution in [2.24, 2.45) is 0 Å². The average molecular weight is 350 g/mol. The number of hydrogen-bond donors (Lipinski definition) is 2. The van der Waals surface area contributed by atoms with Crippen molar-refractivity contribution in [3.63, 3.8) is 0 Å². The molecular formula is C20H28ClNO2. The van der Waals surface area contributed by atoms with E-state index in [1.54, 1.807) is 0 Å². The van der Waals surface area contributed by atoms with E-state index in [2.05, 4.69) is 48.6 Å². The van der Waals surface area contributed by atoms with Crippen molar-refractivity contribution in [2.45, 2.75) is 32.3 Å². The summed E-state index contributed by atoms with van der Waals surface area (Å²) in [7, 11) is 0. The predicted octanol–water partition coefficient (Wildman–Crippen LogP) is 4.15. The quantitative estimate of drug-likeness (QED) is 0.633. The third-order valence-electron chi connectivity index (χ3n) is 3.83. The molecule has 0 aliphatic carbocycles. The van der Waals surface area contributed by atoms with Gasteiger partial charge in [0.05, 0.1) is 0 Å². The molecule has 2 aromatic rings. The predicted molar refractivity (Wildman–Crippen MR) is 102 cm³/mol. The van der Waals surface area contributed by atoms with E-state index in [0.29, 0.717) is 0 Å². The van der Waals surface area contributed by atoms with Crippen LogP contribution in [0.25, 0.3) is 0 Å². The number of benzene rings is 2. The summed E-state index contributed by atoms with van der Waals surface area (Å²) in [5.74, 6) is 0.892. The van der Waals surface area contributed by atoms with Crippen molar-refractivity contribution in [2.75, 3.05) is 19.7 Å². The van der Waals surface area contributed by atoms with E-state index in [4.69, 9.17) is 9.84 Å². The molecule has 2 N–H and O–H groups in total. The first-order chi connectivity index (χ1) is 11.3. The minimum atomic E-state index is 0. The molecule has 0 bridgehead atoms. The second-order valence-corrected chi connectivity index (χ2v) is 5.63. The van der Waals surface area contributed by atoms with Gasteiger partial charge in [0.2, 0.25) is 0 Å². The van der Waals surface area contributed by atoms with Crippen LogP contribution >= 0.6 is 12.4 Å². The van der Waals surface area contributed by atoms with Gasteiger partial charge in [-0.3, -0.25) is 0 Å². The van der Waals surface area contributed by atoms with Crippen LogP contribution in [0.1, 0.15) is 37.0 Å². The van der Waals surface area contributed by atoms with E-state index in [-0.39, 0.29) is 25.1 Å². The van der Waals surface area contributed by atoms with Gasteiger partial charge in [0, 0.05) is 13.0 Å². The Morgan fingerprint density at radius 3 is 2.38 bits per heavy atom. The standard InChI is InChI=1S/C20H27NO2.ClH/c1-2-21-15-14-20(18-8-4-3-5-9-18)23-19-12-10-17(11-13-19)7-6-16-22;/h3-5,8-13,20-22H,2,6-7,14-16H2,1H3;1H. The molecule has 2 rings (SSSR count). The fourth-order valence-corrected chi connectivity index (χ4v) is 2.55. The molecule has 2 aromatic carbocycles. The van der Waals surface area contributed by atoms with Crippen LogP contribution in [0, 0.1) is 0 Å². The Morgan fingerprint density at radius 2 is 1.75 bits per heavy atom. The molecule has 24 heavy (non-hydrogen) atoms. The molecule has 132 valence electrons. The van der Waals surface area contributed by atoms with Gasteiger partial charge in [-0.05, 0) is 49.2 Å². The lowest BCUT2D eigenvalue weighted by molar-refractivity contribution is 0.194. The first kappa shape index (κ1) is 20.5. The molecule has 0 aliphatic heterocycles. The van der Waals surface area contributed by atoms with Crippen LogP contribution in [0.5, 0.6) is 5.75 Å². The maximum Gasteiger partial charge on any atom is 0.125 e. The zero-order valence-corrected chi connectivity index (χ0v) is 15.1. The fourth-order valence-electron chi connectivity index (χ4n) is 2.55. The van der Waals surface area contributed by atoms with Crippen LogP contribution in [-0.4, -0.2) is 24.8 Å². The van der Waals surface area contributed by atoms with E-state index in [1.807, 2.05) is 18.2 Å². The first-order valence-corrected chi connectivity index (χ1v) is 8.45. The van der Waals surface area contributed by atoms with Crippen molar-refractivity contribution >= 4 is 12.4 Å². The lowest BCUT2D eigenvalue weighted by Gasteiger charge is -2.20. The summed E-state index contributed by atoms with van der Waals surface area (Å²) in [6.07, 6.45) is 2.69. The zero-order valence-electron chi connectivity index (χ0n) is 14.3. The normalized spacial score (nSPS) is 11.6. The number of hydrogen-bond acceptors (Lipinski definition) is 3. The van der Waals surface area contributed by atoms with Crippen molar-refractivity contribution in [3.8, 4) is 5.75 Å². The molecule has 1 atom stereocenters. The van der Waals surface area contributed by atoms with E-state index >= 15 is 0 Å². The smallest absolute Gasteiger partial charge is 0.125 e. The molecule has 0 heterocycles. The molecule has 0 amide bonds. The summed E-state index contributed by atoms with van der Waals surface area (Å²) in [6, 6.07) is 18.6. The lowest BCUT2D eigenvalue weighted by Crippen LogP contribution is -2.19. The van der Waals surface area contributed by atoms with Crippen LogP contribution < -0.4 is 10.1 Å². The van der Waals surface area contributed by atoms with Gasteiger partial charge in [-0.1, -0.05) is 49.4 Å². The van der Waals surface area contributed by atoms with Gasteiger partial charge in [-0.2, -0.15) is 0 Å². The van der Waals surface area contributed by atoms with E-state index in [0.717, 1.165) is 38.1 Å². The van der Waals surface area contributed by atoms with Crippen LogP contribution in [0.3, 0.4) is 0 Å². The van der Waals surface area contributed by atoms with Crippen LogP contribution in [0.2, 0.25) is 0 Å². The summed E-state index contributed by atoms with van der Waals surface area (Å²) in [5, 5.41) is 12.3. The highest BCUT2D eigenvalue weighted by molar-refractivity contribution is 5.85. The summed E-state index contributed by atoms with van der Waals surface area (Å²) in [5.41, 5.74) is 2.44. The number of aliphatic hydroxyl groups is 1. The number of ether oxygens (including phenoxy) is 1. The highest BCUT2D eigenvalue weighted by Crippen LogP contribution is 2.25. The topological polar surface area (TPSA) is 41.5 Å². The molecule has 0 aliphatic rings. The summed E-state index contributed by atoms with van der Waals surface area (Å²) in [6.45, 7) is 4.26. The first-order valence-electron chi connectivity index (χ1n) is 8.45. The van der Waals surface area contributed by atoms with Gasteiger partial charge in [-0.25, -0.2) is 0 Å². The van der Waals surface area contributed by atoms with Crippen LogP contribution in [-0.2, 0) is 6.42 Å². The summed E-state index contributed by atoms with van der Waals surface area (Å²) < 4.78 is 6.22. The van der Waals surface area contributed by atoms with Gasteiger partial charge in [-0.15, -0.1) is 12.4 Å². The minimum absolute atomic E-state index is 0. The van der Waals surface area contributed by atoms with Crippen molar-refractivity contribution < 1.29 is 9.84 Å². The highest BCUT2D eigenvalue weighted by Gasteiger charge is 2.12. The zero-order chi connectivity index (χ0) is 16.3. The van der Waals surface area contributed by atoms with E-state index in [1.165, 1.54) is 11.1 Å². The second kappa shape index (κ2) is 11.9. The van der Waals surface area contributed by atoms with Crippen molar-refractivity contribution in [1.82, 2.24) is 5.32 Å². The molecular weight excluding hydrogens is 322 g/mol. The van der Waals surface area contributed by atoms with Crippen LogP contribution in [0.4, 0.5) is 0 Å². The fraction of sp³-hybridized carbons (Fsp3) is 0.400.